The van der Waals surface area contributed by atoms with E-state index >= 15 is 0 Å². The second-order valence-electron chi connectivity index (χ2n) is 6.33. The van der Waals surface area contributed by atoms with Gasteiger partial charge in [0.05, 0.1) is 0 Å². The van der Waals surface area contributed by atoms with Gasteiger partial charge in [0.25, 0.3) is 5.88 Å². The maximum absolute atomic E-state index is 11.8. The monoisotopic (exact) mass is 319 g/mol. The highest BCUT2D eigenvalue weighted by atomic mass is 16.6. The molecule has 2 aliphatic rings. The van der Waals surface area contributed by atoms with Crippen LogP contribution in [0.3, 0.4) is 0 Å². The summed E-state index contributed by atoms with van der Waals surface area (Å²) < 4.78 is 11.5. The molecule has 0 saturated carbocycles. The molecule has 0 bridgehead atoms. The van der Waals surface area contributed by atoms with Crippen molar-refractivity contribution in [3.63, 3.8) is 0 Å². The first-order chi connectivity index (χ1) is 11.2. The lowest BCUT2D eigenvalue weighted by Crippen LogP contribution is -2.38. The van der Waals surface area contributed by atoms with E-state index in [9.17, 15) is 4.79 Å². The lowest BCUT2D eigenvalue weighted by Gasteiger charge is -2.28. The minimum absolute atomic E-state index is 0.0498. The topological polar surface area (TPSA) is 77.7 Å². The highest BCUT2D eigenvalue weighted by Gasteiger charge is 2.24. The van der Waals surface area contributed by atoms with Crippen LogP contribution in [0.4, 0.5) is 0 Å². The minimum atomic E-state index is -0.0518. The maximum atomic E-state index is 11.8. The average Bonchev–Trinajstić information content (AvgIpc) is 2.56. The molecule has 3 heterocycles. The molecule has 6 nitrogen and oxygen atoms in total. The van der Waals surface area contributed by atoms with Crippen LogP contribution in [0.1, 0.15) is 38.5 Å². The number of fused-ring (bicyclic) bond motifs is 1. The molecule has 6 heteroatoms. The number of nitrogens with zero attached hydrogens (tertiary/aromatic N) is 2. The van der Waals surface area contributed by atoms with Crippen LogP contribution in [-0.4, -0.2) is 47.6 Å². The Morgan fingerprint density at radius 1 is 1.43 bits per heavy atom. The molecular weight excluding hydrogens is 294 g/mol. The van der Waals surface area contributed by atoms with E-state index in [1.807, 2.05) is 17.0 Å². The molecule has 2 aliphatic heterocycles. The van der Waals surface area contributed by atoms with Gasteiger partial charge in [-0.1, -0.05) is 0 Å². The second-order valence-corrected chi connectivity index (χ2v) is 6.33. The van der Waals surface area contributed by atoms with Crippen LogP contribution in [0, 0.1) is 0 Å². The Balaban J connectivity index is 1.38. The van der Waals surface area contributed by atoms with Crippen molar-refractivity contribution in [1.29, 1.82) is 0 Å². The van der Waals surface area contributed by atoms with Gasteiger partial charge < -0.3 is 20.1 Å². The maximum Gasteiger partial charge on any atom is 0.257 e. The Kier molecular flexibility index (Phi) is 5.33. The predicted octanol–water partition coefficient (Wildman–Crippen LogP) is 1.73. The van der Waals surface area contributed by atoms with Gasteiger partial charge in [-0.15, -0.1) is 0 Å². The fourth-order valence-electron chi connectivity index (χ4n) is 3.16. The van der Waals surface area contributed by atoms with Gasteiger partial charge in [0.1, 0.15) is 12.7 Å². The van der Waals surface area contributed by atoms with E-state index in [4.69, 9.17) is 15.2 Å². The Labute approximate surface area is 137 Å². The summed E-state index contributed by atoms with van der Waals surface area (Å²) in [7, 11) is 0. The third-order valence-corrected chi connectivity index (χ3v) is 4.43. The molecule has 2 atom stereocenters. The predicted molar refractivity (Wildman–Crippen MR) is 86.4 cm³/mol. The number of aromatic nitrogens is 1. The van der Waals surface area contributed by atoms with Crippen LogP contribution >= 0.6 is 0 Å². The summed E-state index contributed by atoms with van der Waals surface area (Å²) in [6.07, 6.45) is 7.06. The summed E-state index contributed by atoms with van der Waals surface area (Å²) in [6, 6.07) is 3.73. The van der Waals surface area contributed by atoms with Gasteiger partial charge in [0.15, 0.2) is 5.75 Å². The van der Waals surface area contributed by atoms with Crippen LogP contribution in [0.15, 0.2) is 18.3 Å². The van der Waals surface area contributed by atoms with Gasteiger partial charge in [-0.05, 0) is 37.8 Å². The molecule has 0 radical (unpaired) electrons. The molecule has 3 rings (SSSR count). The van der Waals surface area contributed by atoms with Crippen LogP contribution < -0.4 is 15.2 Å². The lowest BCUT2D eigenvalue weighted by atomic mass is 10.0. The first-order valence-electron chi connectivity index (χ1n) is 8.50. The molecule has 2 N–H and O–H groups in total. The largest absolute Gasteiger partial charge is 0.484 e. The Bertz CT molecular complexity index is 538. The number of likely N-dealkylation sites (tertiary alicyclic amines) is 1. The van der Waals surface area contributed by atoms with Crippen molar-refractivity contribution in [2.75, 3.05) is 19.7 Å². The fourth-order valence-corrected chi connectivity index (χ4v) is 3.16. The number of pyridine rings is 1. The highest BCUT2D eigenvalue weighted by Crippen LogP contribution is 2.29. The van der Waals surface area contributed by atoms with Gasteiger partial charge >= 0.3 is 0 Å². The van der Waals surface area contributed by atoms with E-state index in [-0.39, 0.29) is 18.1 Å². The number of amides is 1. The molecular formula is C17H25N3O3. The van der Waals surface area contributed by atoms with Crippen LogP contribution in [0.2, 0.25) is 0 Å². The first-order valence-corrected chi connectivity index (χ1v) is 8.50. The smallest absolute Gasteiger partial charge is 0.257 e. The second kappa shape index (κ2) is 7.64. The molecule has 0 spiro atoms. The number of ether oxygens (including phenoxy) is 2. The zero-order chi connectivity index (χ0) is 16.1. The highest BCUT2D eigenvalue weighted by molar-refractivity contribution is 5.76. The standard InChI is InChI=1S/C17H25N3O3/c18-13(5-4-10-20-9-2-1-7-16(20)21)11-14-12-22-15-6-3-8-19-17(15)23-14/h3,6,8,13-14H,1-2,4-5,7,9-12,18H2. The van der Waals surface area contributed by atoms with Crippen LogP contribution in [0.25, 0.3) is 0 Å². The molecule has 1 amide bonds. The van der Waals surface area contributed by atoms with Gasteiger partial charge in [0, 0.05) is 38.2 Å². The molecule has 1 fully saturated rings. The van der Waals surface area contributed by atoms with Crippen molar-refractivity contribution < 1.29 is 14.3 Å². The molecule has 23 heavy (non-hydrogen) atoms. The number of carbonyl (C=O) groups excluding carboxylic acids is 1. The van der Waals surface area contributed by atoms with E-state index in [0.29, 0.717) is 24.7 Å². The number of nitrogens with two attached hydrogens (primary N) is 1. The molecule has 1 aromatic heterocycles. The van der Waals surface area contributed by atoms with E-state index in [0.717, 1.165) is 45.2 Å². The SMILES string of the molecule is NC(CCCN1CCCCC1=O)CC1COc2cccnc2O1. The van der Waals surface area contributed by atoms with Crippen molar-refractivity contribution in [2.45, 2.75) is 50.7 Å². The van der Waals surface area contributed by atoms with E-state index in [1.54, 1.807) is 6.20 Å². The van der Waals surface area contributed by atoms with Crippen molar-refractivity contribution >= 4 is 5.91 Å². The van der Waals surface area contributed by atoms with Crippen LogP contribution in [0.5, 0.6) is 11.6 Å². The molecule has 0 aliphatic carbocycles. The normalized spacial score (nSPS) is 22.0. The number of rotatable bonds is 6. The number of hydrogen-bond donors (Lipinski definition) is 1. The van der Waals surface area contributed by atoms with Gasteiger partial charge in [0.2, 0.25) is 5.91 Å². The fraction of sp³-hybridized carbons (Fsp3) is 0.647. The number of hydrogen-bond acceptors (Lipinski definition) is 5. The number of piperidine rings is 1. The third-order valence-electron chi connectivity index (χ3n) is 4.43. The molecule has 1 saturated heterocycles. The first kappa shape index (κ1) is 16.1. The summed E-state index contributed by atoms with van der Waals surface area (Å²) in [4.78, 5) is 17.9. The summed E-state index contributed by atoms with van der Waals surface area (Å²) in [5.74, 6) is 1.53. The van der Waals surface area contributed by atoms with E-state index in [2.05, 4.69) is 4.98 Å². The average molecular weight is 319 g/mol. The Hall–Kier alpha value is -1.82. The minimum Gasteiger partial charge on any atom is -0.484 e. The van der Waals surface area contributed by atoms with Crippen molar-refractivity contribution in [3.05, 3.63) is 18.3 Å². The number of carbonyl (C=O) groups is 1. The Morgan fingerprint density at radius 3 is 3.22 bits per heavy atom. The molecule has 126 valence electrons. The third kappa shape index (κ3) is 4.34. The van der Waals surface area contributed by atoms with Gasteiger partial charge in [-0.3, -0.25) is 4.79 Å². The zero-order valence-corrected chi connectivity index (χ0v) is 13.4. The van der Waals surface area contributed by atoms with Crippen LogP contribution in [-0.2, 0) is 4.79 Å². The molecule has 2 unspecified atom stereocenters. The van der Waals surface area contributed by atoms with E-state index in [1.165, 1.54) is 0 Å². The van der Waals surface area contributed by atoms with Crippen molar-refractivity contribution in [3.8, 4) is 11.6 Å². The Morgan fingerprint density at radius 2 is 2.35 bits per heavy atom. The molecule has 1 aromatic rings. The summed E-state index contributed by atoms with van der Waals surface area (Å²) in [6.45, 7) is 2.23. The summed E-state index contributed by atoms with van der Waals surface area (Å²) >= 11 is 0. The van der Waals surface area contributed by atoms with Gasteiger partial charge in [-0.25, -0.2) is 4.98 Å². The zero-order valence-electron chi connectivity index (χ0n) is 13.4. The summed E-state index contributed by atoms with van der Waals surface area (Å²) in [5.41, 5.74) is 6.22. The van der Waals surface area contributed by atoms with E-state index < -0.39 is 0 Å². The van der Waals surface area contributed by atoms with Crippen molar-refractivity contribution in [2.24, 2.45) is 5.73 Å². The molecule has 0 aromatic carbocycles. The van der Waals surface area contributed by atoms with Crippen molar-refractivity contribution in [1.82, 2.24) is 9.88 Å². The quantitative estimate of drug-likeness (QED) is 0.864. The summed E-state index contributed by atoms with van der Waals surface area (Å²) in [5, 5.41) is 0. The van der Waals surface area contributed by atoms with Gasteiger partial charge in [-0.2, -0.15) is 0 Å². The lowest BCUT2D eigenvalue weighted by molar-refractivity contribution is -0.133.